The van der Waals surface area contributed by atoms with Crippen LogP contribution in [0.15, 0.2) is 67.3 Å². The number of benzene rings is 2. The lowest BCUT2D eigenvalue weighted by atomic mass is 10.1. The molecule has 1 unspecified atom stereocenters. The molecule has 0 spiro atoms. The molecule has 1 aliphatic rings. The molecule has 0 aliphatic carbocycles. The number of halogens is 1. The van der Waals surface area contributed by atoms with Gasteiger partial charge in [0.2, 0.25) is 0 Å². The third kappa shape index (κ3) is 5.95. The molecule has 2 amide bonds. The fourth-order valence-electron chi connectivity index (χ4n) is 3.91. The third-order valence-corrected chi connectivity index (χ3v) is 5.99. The third-order valence-electron chi connectivity index (χ3n) is 5.74. The second-order valence-electron chi connectivity index (χ2n) is 7.97. The second kappa shape index (κ2) is 10.4. The van der Waals surface area contributed by atoms with Crippen molar-refractivity contribution in [3.8, 4) is 5.75 Å². The van der Waals surface area contributed by atoms with Gasteiger partial charge in [-0.05, 0) is 54.8 Å². The molecule has 32 heavy (non-hydrogen) atoms. The molecule has 1 fully saturated rings. The summed E-state index contributed by atoms with van der Waals surface area (Å²) in [4.78, 5) is 19.4. The molecule has 0 radical (unpaired) electrons. The van der Waals surface area contributed by atoms with Crippen molar-refractivity contribution in [1.29, 1.82) is 0 Å². The Balaban J connectivity index is 1.37. The van der Waals surface area contributed by atoms with Crippen molar-refractivity contribution >= 4 is 23.3 Å². The summed E-state index contributed by atoms with van der Waals surface area (Å²) >= 11 is 6.01. The fraction of sp³-hybridized carbons (Fsp3) is 0.333. The van der Waals surface area contributed by atoms with E-state index in [0.717, 1.165) is 48.9 Å². The predicted molar refractivity (Wildman–Crippen MR) is 126 cm³/mol. The molecular formula is C24H28ClN5O2. The number of amides is 2. The molecule has 8 heteroatoms. The summed E-state index contributed by atoms with van der Waals surface area (Å²) in [5, 5.41) is 0.746. The lowest BCUT2D eigenvalue weighted by molar-refractivity contribution is 0.170. The number of hydrogen-bond donors (Lipinski definition) is 1. The molecule has 2 N–H and O–H groups in total. The van der Waals surface area contributed by atoms with Crippen LogP contribution in [0.5, 0.6) is 5.75 Å². The number of nitrogens with two attached hydrogens (primary N) is 1. The van der Waals surface area contributed by atoms with Gasteiger partial charge in [-0.1, -0.05) is 23.7 Å². The number of primary amides is 1. The average molecular weight is 454 g/mol. The fourth-order valence-corrected chi connectivity index (χ4v) is 4.04. The lowest BCUT2D eigenvalue weighted by Gasteiger charge is -2.35. The number of hydrogen-bond acceptors (Lipinski definition) is 4. The summed E-state index contributed by atoms with van der Waals surface area (Å²) in [6.45, 7) is 3.56. The number of aryl methyl sites for hydroxylation is 1. The highest BCUT2D eigenvalue weighted by Gasteiger charge is 2.19. The number of imidazole rings is 1. The smallest absolute Gasteiger partial charge is 0.314 e. The van der Waals surface area contributed by atoms with Gasteiger partial charge in [0.15, 0.2) is 0 Å². The van der Waals surface area contributed by atoms with Crippen LogP contribution in [-0.2, 0) is 13.0 Å². The van der Waals surface area contributed by atoms with E-state index in [0.29, 0.717) is 13.1 Å². The van der Waals surface area contributed by atoms with Gasteiger partial charge in [-0.3, -0.25) is 0 Å². The summed E-state index contributed by atoms with van der Waals surface area (Å²) in [7, 11) is 0. The normalized spacial score (nSPS) is 14.9. The van der Waals surface area contributed by atoms with Crippen molar-refractivity contribution in [2.24, 2.45) is 5.73 Å². The van der Waals surface area contributed by atoms with E-state index in [9.17, 15) is 4.79 Å². The largest absolute Gasteiger partial charge is 0.489 e. The van der Waals surface area contributed by atoms with E-state index in [1.54, 1.807) is 11.1 Å². The Hall–Kier alpha value is -3.19. The highest BCUT2D eigenvalue weighted by Crippen LogP contribution is 2.23. The Morgan fingerprint density at radius 3 is 2.41 bits per heavy atom. The van der Waals surface area contributed by atoms with Crippen LogP contribution in [0.4, 0.5) is 10.5 Å². The molecule has 3 aromatic rings. The van der Waals surface area contributed by atoms with Gasteiger partial charge in [0.25, 0.3) is 0 Å². The van der Waals surface area contributed by atoms with Crippen LogP contribution < -0.4 is 15.4 Å². The van der Waals surface area contributed by atoms with Gasteiger partial charge in [-0.25, -0.2) is 9.78 Å². The minimum absolute atomic E-state index is 0.00448. The first-order valence-electron chi connectivity index (χ1n) is 10.8. The Labute approximate surface area is 193 Å². The predicted octanol–water partition coefficient (Wildman–Crippen LogP) is 3.82. The summed E-state index contributed by atoms with van der Waals surface area (Å²) in [6.07, 6.45) is 7.32. The standard InChI is InChI=1S/C24H28ClN5O2/c25-20-4-1-19(2-5-20)3-8-23(17-28-12-11-27-18-28)32-22-9-6-21(7-10-22)29-13-15-30(16-14-29)24(26)31/h1-2,4-7,9-12,18,23H,3,8,13-17H2,(H2,26,31). The van der Waals surface area contributed by atoms with E-state index in [2.05, 4.69) is 34.1 Å². The molecule has 1 aromatic heterocycles. The van der Waals surface area contributed by atoms with Crippen LogP contribution in [0.25, 0.3) is 0 Å². The zero-order valence-corrected chi connectivity index (χ0v) is 18.7. The number of aromatic nitrogens is 2. The maximum Gasteiger partial charge on any atom is 0.314 e. The zero-order valence-electron chi connectivity index (χ0n) is 17.9. The van der Waals surface area contributed by atoms with Crippen LogP contribution in [0.1, 0.15) is 12.0 Å². The number of piperazine rings is 1. The molecule has 1 aliphatic heterocycles. The number of carbonyl (C=O) groups is 1. The monoisotopic (exact) mass is 453 g/mol. The van der Waals surface area contributed by atoms with Crippen molar-refractivity contribution in [3.05, 3.63) is 77.8 Å². The van der Waals surface area contributed by atoms with E-state index in [1.165, 1.54) is 5.56 Å². The summed E-state index contributed by atoms with van der Waals surface area (Å²) < 4.78 is 8.40. The van der Waals surface area contributed by atoms with Crippen molar-refractivity contribution in [2.75, 3.05) is 31.1 Å². The van der Waals surface area contributed by atoms with Crippen LogP contribution in [-0.4, -0.2) is 52.8 Å². The number of ether oxygens (including phenoxy) is 1. The highest BCUT2D eigenvalue weighted by atomic mass is 35.5. The number of urea groups is 1. The van der Waals surface area contributed by atoms with Crippen molar-refractivity contribution < 1.29 is 9.53 Å². The van der Waals surface area contributed by atoms with Gasteiger partial charge in [-0.15, -0.1) is 0 Å². The first-order valence-corrected chi connectivity index (χ1v) is 11.2. The average Bonchev–Trinajstić information content (AvgIpc) is 3.32. The number of rotatable bonds is 8. The Bertz CT molecular complexity index is 984. The van der Waals surface area contributed by atoms with Gasteiger partial charge >= 0.3 is 6.03 Å². The number of carbonyl (C=O) groups excluding carboxylic acids is 1. The summed E-state index contributed by atoms with van der Waals surface area (Å²) in [5.74, 6) is 0.839. The number of anilines is 1. The summed E-state index contributed by atoms with van der Waals surface area (Å²) in [5.41, 5.74) is 7.73. The van der Waals surface area contributed by atoms with Gasteiger partial charge in [0.05, 0.1) is 12.9 Å². The molecular weight excluding hydrogens is 426 g/mol. The minimum Gasteiger partial charge on any atom is -0.489 e. The van der Waals surface area contributed by atoms with E-state index >= 15 is 0 Å². The van der Waals surface area contributed by atoms with Gasteiger partial charge in [0, 0.05) is 49.3 Å². The Morgan fingerprint density at radius 1 is 1.06 bits per heavy atom. The Morgan fingerprint density at radius 2 is 1.78 bits per heavy atom. The molecule has 2 heterocycles. The maximum absolute atomic E-state index is 11.3. The van der Waals surface area contributed by atoms with Crippen LogP contribution >= 0.6 is 11.6 Å². The molecule has 0 bridgehead atoms. The SMILES string of the molecule is NC(=O)N1CCN(c2ccc(OC(CCc3ccc(Cl)cc3)Cn3ccnc3)cc2)CC1. The molecule has 0 saturated carbocycles. The second-order valence-corrected chi connectivity index (χ2v) is 8.41. The van der Waals surface area contributed by atoms with E-state index < -0.39 is 0 Å². The van der Waals surface area contributed by atoms with Crippen molar-refractivity contribution in [3.63, 3.8) is 0 Å². The first kappa shape index (κ1) is 22.0. The zero-order chi connectivity index (χ0) is 22.3. The highest BCUT2D eigenvalue weighted by molar-refractivity contribution is 6.30. The quantitative estimate of drug-likeness (QED) is 0.562. The first-order chi connectivity index (χ1) is 15.6. The van der Waals surface area contributed by atoms with E-state index in [1.807, 2.05) is 41.4 Å². The van der Waals surface area contributed by atoms with E-state index in [-0.39, 0.29) is 12.1 Å². The molecule has 2 aromatic carbocycles. The van der Waals surface area contributed by atoms with Gasteiger partial charge < -0.3 is 24.8 Å². The molecule has 7 nitrogen and oxygen atoms in total. The molecule has 1 atom stereocenters. The molecule has 1 saturated heterocycles. The topological polar surface area (TPSA) is 76.6 Å². The lowest BCUT2D eigenvalue weighted by Crippen LogP contribution is -2.50. The maximum atomic E-state index is 11.3. The van der Waals surface area contributed by atoms with Crippen LogP contribution in [0.2, 0.25) is 5.02 Å². The van der Waals surface area contributed by atoms with Crippen LogP contribution in [0, 0.1) is 0 Å². The molecule has 168 valence electrons. The van der Waals surface area contributed by atoms with Crippen molar-refractivity contribution in [1.82, 2.24) is 14.5 Å². The minimum atomic E-state index is -0.351. The van der Waals surface area contributed by atoms with Gasteiger partial charge in [-0.2, -0.15) is 0 Å². The summed E-state index contributed by atoms with van der Waals surface area (Å²) in [6, 6.07) is 15.8. The van der Waals surface area contributed by atoms with Crippen LogP contribution in [0.3, 0.4) is 0 Å². The van der Waals surface area contributed by atoms with Gasteiger partial charge in [0.1, 0.15) is 11.9 Å². The van der Waals surface area contributed by atoms with Crippen molar-refractivity contribution in [2.45, 2.75) is 25.5 Å². The van der Waals surface area contributed by atoms with E-state index in [4.69, 9.17) is 22.1 Å². The number of nitrogens with zero attached hydrogens (tertiary/aromatic N) is 4. The molecule has 4 rings (SSSR count). The Kier molecular flexibility index (Phi) is 7.17.